The summed E-state index contributed by atoms with van der Waals surface area (Å²) in [6, 6.07) is 8.73. The van der Waals surface area contributed by atoms with Gasteiger partial charge in [0.25, 0.3) is 0 Å². The van der Waals surface area contributed by atoms with Crippen molar-refractivity contribution >= 4 is 10.9 Å². The van der Waals surface area contributed by atoms with Gasteiger partial charge in [-0.05, 0) is 35.1 Å². The number of nitrogens with zero attached hydrogens (tertiary/aromatic N) is 1. The Labute approximate surface area is 97.5 Å². The van der Waals surface area contributed by atoms with Crippen LogP contribution in [0.25, 0.3) is 10.9 Å². The quantitative estimate of drug-likeness (QED) is 0.716. The van der Waals surface area contributed by atoms with Gasteiger partial charge in [-0.1, -0.05) is 39.8 Å². The number of rotatable bonds is 2. The molecule has 0 amide bonds. The van der Waals surface area contributed by atoms with Gasteiger partial charge in [-0.15, -0.1) is 0 Å². The third kappa shape index (κ3) is 1.95. The minimum Gasteiger partial charge on any atom is -0.256 e. The predicted octanol–water partition coefficient (Wildman–Crippen LogP) is 4.48. The van der Waals surface area contributed by atoms with Gasteiger partial charge in [0.05, 0.1) is 5.52 Å². The van der Waals surface area contributed by atoms with Gasteiger partial charge >= 0.3 is 0 Å². The molecular formula is C15H19N. The molecule has 0 atom stereocenters. The first-order valence-electron chi connectivity index (χ1n) is 5.98. The topological polar surface area (TPSA) is 12.9 Å². The van der Waals surface area contributed by atoms with Crippen LogP contribution in [0.2, 0.25) is 0 Å². The van der Waals surface area contributed by atoms with E-state index in [4.69, 9.17) is 0 Å². The van der Waals surface area contributed by atoms with Crippen molar-refractivity contribution in [2.45, 2.75) is 39.5 Å². The lowest BCUT2D eigenvalue weighted by Gasteiger charge is -2.14. The second-order valence-corrected chi connectivity index (χ2v) is 4.99. The first-order chi connectivity index (χ1) is 7.59. The van der Waals surface area contributed by atoms with Gasteiger partial charge in [-0.3, -0.25) is 4.98 Å². The van der Waals surface area contributed by atoms with Crippen molar-refractivity contribution in [2.24, 2.45) is 0 Å². The van der Waals surface area contributed by atoms with Crippen LogP contribution in [0.4, 0.5) is 0 Å². The van der Waals surface area contributed by atoms with E-state index in [-0.39, 0.29) is 0 Å². The second kappa shape index (κ2) is 4.25. The van der Waals surface area contributed by atoms with Crippen LogP contribution in [0.5, 0.6) is 0 Å². The lowest BCUT2D eigenvalue weighted by molar-refractivity contribution is 0.841. The fraction of sp³-hybridized carbons (Fsp3) is 0.400. The summed E-state index contributed by atoms with van der Waals surface area (Å²) in [4.78, 5) is 4.47. The Morgan fingerprint density at radius 3 is 2.38 bits per heavy atom. The summed E-state index contributed by atoms with van der Waals surface area (Å²) in [5, 5.41) is 1.29. The third-order valence-corrected chi connectivity index (χ3v) is 3.06. The highest BCUT2D eigenvalue weighted by molar-refractivity contribution is 5.83. The molecule has 2 aromatic rings. The Morgan fingerprint density at radius 2 is 1.75 bits per heavy atom. The van der Waals surface area contributed by atoms with Gasteiger partial charge in [0.1, 0.15) is 0 Å². The summed E-state index contributed by atoms with van der Waals surface area (Å²) in [6.07, 6.45) is 1.87. The van der Waals surface area contributed by atoms with Gasteiger partial charge in [-0.25, -0.2) is 0 Å². The first-order valence-corrected chi connectivity index (χ1v) is 5.98. The predicted molar refractivity (Wildman–Crippen MR) is 69.9 cm³/mol. The maximum Gasteiger partial charge on any atom is 0.0707 e. The van der Waals surface area contributed by atoms with E-state index < -0.39 is 0 Å². The van der Waals surface area contributed by atoms with E-state index in [0.717, 1.165) is 5.52 Å². The molecule has 1 heteroatoms. The van der Waals surface area contributed by atoms with Crippen molar-refractivity contribution in [2.75, 3.05) is 0 Å². The molecule has 0 aliphatic carbocycles. The monoisotopic (exact) mass is 213 g/mol. The zero-order valence-electron chi connectivity index (χ0n) is 10.5. The van der Waals surface area contributed by atoms with E-state index in [0.29, 0.717) is 11.8 Å². The molecule has 0 spiro atoms. The highest BCUT2D eigenvalue weighted by Gasteiger charge is 2.09. The zero-order chi connectivity index (χ0) is 11.7. The number of benzene rings is 1. The van der Waals surface area contributed by atoms with Crippen LogP contribution in [0, 0.1) is 0 Å². The Hall–Kier alpha value is -1.37. The molecule has 0 fully saturated rings. The zero-order valence-corrected chi connectivity index (χ0v) is 10.5. The normalized spacial score (nSPS) is 11.6. The minimum absolute atomic E-state index is 0.547. The van der Waals surface area contributed by atoms with Gasteiger partial charge in [0.2, 0.25) is 0 Å². The highest BCUT2D eigenvalue weighted by Crippen LogP contribution is 2.28. The van der Waals surface area contributed by atoms with Crippen molar-refractivity contribution in [1.82, 2.24) is 4.98 Å². The van der Waals surface area contributed by atoms with Crippen molar-refractivity contribution in [3.63, 3.8) is 0 Å². The summed E-state index contributed by atoms with van der Waals surface area (Å²) in [6.45, 7) is 8.94. The summed E-state index contributed by atoms with van der Waals surface area (Å²) in [5.41, 5.74) is 3.92. The van der Waals surface area contributed by atoms with Crippen molar-refractivity contribution < 1.29 is 0 Å². The van der Waals surface area contributed by atoms with Gasteiger partial charge < -0.3 is 0 Å². The molecule has 0 aliphatic heterocycles. The van der Waals surface area contributed by atoms with Crippen LogP contribution >= 0.6 is 0 Å². The van der Waals surface area contributed by atoms with Crippen LogP contribution < -0.4 is 0 Å². The van der Waals surface area contributed by atoms with Crippen LogP contribution in [-0.4, -0.2) is 4.98 Å². The number of hydrogen-bond donors (Lipinski definition) is 0. The van der Waals surface area contributed by atoms with Crippen molar-refractivity contribution in [1.29, 1.82) is 0 Å². The third-order valence-electron chi connectivity index (χ3n) is 3.06. The molecule has 1 nitrogen and oxygen atoms in total. The molecule has 0 saturated carbocycles. The van der Waals surface area contributed by atoms with E-state index in [1.807, 2.05) is 12.3 Å². The SMILES string of the molecule is CC(C)c1cc(C(C)C)c2cccnc2c1. The molecular weight excluding hydrogens is 194 g/mol. The minimum atomic E-state index is 0.547. The van der Waals surface area contributed by atoms with E-state index >= 15 is 0 Å². The summed E-state index contributed by atoms with van der Waals surface area (Å²) < 4.78 is 0. The van der Waals surface area contributed by atoms with Crippen molar-refractivity contribution in [3.05, 3.63) is 41.6 Å². The van der Waals surface area contributed by atoms with Crippen LogP contribution in [0.15, 0.2) is 30.5 Å². The summed E-state index contributed by atoms with van der Waals surface area (Å²) in [5.74, 6) is 1.11. The molecule has 84 valence electrons. The summed E-state index contributed by atoms with van der Waals surface area (Å²) >= 11 is 0. The second-order valence-electron chi connectivity index (χ2n) is 4.99. The lowest BCUT2D eigenvalue weighted by Crippen LogP contribution is -1.96. The molecule has 0 saturated heterocycles. The average Bonchev–Trinajstić information content (AvgIpc) is 2.27. The van der Waals surface area contributed by atoms with Gasteiger partial charge in [0.15, 0.2) is 0 Å². The Bertz CT molecular complexity index is 498. The molecule has 1 aromatic carbocycles. The van der Waals surface area contributed by atoms with Crippen molar-refractivity contribution in [3.8, 4) is 0 Å². The maximum atomic E-state index is 4.47. The van der Waals surface area contributed by atoms with E-state index in [1.54, 1.807) is 0 Å². The van der Waals surface area contributed by atoms with Gasteiger partial charge in [0, 0.05) is 11.6 Å². The molecule has 1 aromatic heterocycles. The van der Waals surface area contributed by atoms with Crippen LogP contribution in [-0.2, 0) is 0 Å². The number of hydrogen-bond acceptors (Lipinski definition) is 1. The van der Waals surface area contributed by atoms with E-state index in [9.17, 15) is 0 Å². The Balaban J connectivity index is 2.74. The molecule has 1 heterocycles. The van der Waals surface area contributed by atoms with Gasteiger partial charge in [-0.2, -0.15) is 0 Å². The molecule has 16 heavy (non-hydrogen) atoms. The molecule has 0 radical (unpaired) electrons. The fourth-order valence-corrected chi connectivity index (χ4v) is 2.04. The molecule has 0 bridgehead atoms. The number of aromatic nitrogens is 1. The highest BCUT2D eigenvalue weighted by atomic mass is 14.6. The molecule has 0 unspecified atom stereocenters. The molecule has 0 aliphatic rings. The van der Waals surface area contributed by atoms with Crippen LogP contribution in [0.3, 0.4) is 0 Å². The Kier molecular flexibility index (Phi) is 2.95. The number of fused-ring (bicyclic) bond motifs is 1. The lowest BCUT2D eigenvalue weighted by atomic mass is 9.92. The smallest absolute Gasteiger partial charge is 0.0707 e. The largest absolute Gasteiger partial charge is 0.256 e. The van der Waals surface area contributed by atoms with Crippen LogP contribution in [0.1, 0.15) is 50.7 Å². The summed E-state index contributed by atoms with van der Waals surface area (Å²) in [7, 11) is 0. The fourth-order valence-electron chi connectivity index (χ4n) is 2.04. The first kappa shape index (κ1) is 11.1. The van der Waals surface area contributed by atoms with E-state index in [1.165, 1.54) is 16.5 Å². The molecule has 2 rings (SSSR count). The van der Waals surface area contributed by atoms with E-state index in [2.05, 4.69) is 50.9 Å². The maximum absolute atomic E-state index is 4.47. The standard InChI is InChI=1S/C15H19N/c1-10(2)12-8-14(11(3)4)13-6-5-7-16-15(13)9-12/h5-11H,1-4H3. The Morgan fingerprint density at radius 1 is 1.00 bits per heavy atom. The average molecular weight is 213 g/mol. The molecule has 0 N–H and O–H groups in total. The number of pyridine rings is 1.